The molecule has 0 aromatic rings. The van der Waals surface area contributed by atoms with Crippen LogP contribution in [-0.4, -0.2) is 7.85 Å². The molecule has 2 radical (unpaired) electrons. The zero-order chi connectivity index (χ0) is 7.40. The fourth-order valence-electron chi connectivity index (χ4n) is 1.51. The first-order chi connectivity index (χ1) is 4.84. The normalized spacial score (nSPS) is 23.1. The van der Waals surface area contributed by atoms with E-state index in [4.69, 9.17) is 7.85 Å². The molecule has 0 aromatic heterocycles. The summed E-state index contributed by atoms with van der Waals surface area (Å²) in [7, 11) is 5.07. The minimum absolute atomic E-state index is 0.111. The zero-order valence-corrected chi connectivity index (χ0v) is 6.15. The van der Waals surface area contributed by atoms with Crippen molar-refractivity contribution in [3.8, 4) is 0 Å². The Morgan fingerprint density at radius 2 is 1.90 bits per heavy atom. The molecular weight excluding hydrogens is 126 g/mol. The first-order valence-corrected chi connectivity index (χ1v) is 3.92. The van der Waals surface area contributed by atoms with Crippen LogP contribution in [0.25, 0.3) is 0 Å². The molecule has 0 aliphatic heterocycles. The van der Waals surface area contributed by atoms with Crippen molar-refractivity contribution in [1.82, 2.24) is 0 Å². The van der Waals surface area contributed by atoms with Crippen LogP contribution in [-0.2, 0) is 0 Å². The maximum atomic E-state index is 12.8. The van der Waals surface area contributed by atoms with Crippen molar-refractivity contribution in [3.63, 3.8) is 0 Å². The van der Waals surface area contributed by atoms with Crippen LogP contribution in [0.1, 0.15) is 32.1 Å². The smallest absolute Gasteiger partial charge is 0.106 e. The van der Waals surface area contributed by atoms with Gasteiger partial charge in [-0.25, -0.2) is 4.39 Å². The van der Waals surface area contributed by atoms with E-state index in [0.29, 0.717) is 0 Å². The predicted octanol–water partition coefficient (Wildman–Crippen LogP) is 2.55. The van der Waals surface area contributed by atoms with Crippen LogP contribution in [0.5, 0.6) is 0 Å². The van der Waals surface area contributed by atoms with E-state index in [2.05, 4.69) is 0 Å². The highest BCUT2D eigenvalue weighted by Gasteiger charge is 2.16. The molecule has 0 amide bonds. The van der Waals surface area contributed by atoms with Gasteiger partial charge in [-0.1, -0.05) is 19.3 Å². The van der Waals surface area contributed by atoms with E-state index >= 15 is 0 Å². The molecular formula is C8H12BF. The molecule has 0 unspecified atom stereocenters. The molecule has 0 aromatic carbocycles. The molecule has 0 bridgehead atoms. The maximum absolute atomic E-state index is 12.8. The Morgan fingerprint density at radius 1 is 1.30 bits per heavy atom. The number of hydrogen-bond acceptors (Lipinski definition) is 0. The number of rotatable bonds is 1. The fraction of sp³-hybridized carbons (Fsp3) is 0.750. The van der Waals surface area contributed by atoms with E-state index in [1.165, 1.54) is 6.42 Å². The van der Waals surface area contributed by atoms with Gasteiger partial charge >= 0.3 is 0 Å². The number of halogens is 1. The van der Waals surface area contributed by atoms with Gasteiger partial charge in [0, 0.05) is 5.92 Å². The van der Waals surface area contributed by atoms with Gasteiger partial charge in [-0.15, -0.1) is 5.98 Å². The average Bonchev–Trinajstić information content (AvgIpc) is 2.05. The lowest BCUT2D eigenvalue weighted by Crippen LogP contribution is -2.06. The van der Waals surface area contributed by atoms with Crippen LogP contribution in [0.15, 0.2) is 11.8 Å². The van der Waals surface area contributed by atoms with Gasteiger partial charge in [-0.2, -0.15) is 0 Å². The first-order valence-electron chi connectivity index (χ1n) is 3.92. The summed E-state index contributed by atoms with van der Waals surface area (Å²) in [5.74, 6) is 1.13. The van der Waals surface area contributed by atoms with Crippen molar-refractivity contribution < 1.29 is 4.39 Å². The van der Waals surface area contributed by atoms with Gasteiger partial charge < -0.3 is 0 Å². The summed E-state index contributed by atoms with van der Waals surface area (Å²) >= 11 is 0. The molecule has 1 aliphatic rings. The molecule has 1 fully saturated rings. The second-order valence-corrected chi connectivity index (χ2v) is 2.89. The first kappa shape index (κ1) is 7.84. The Kier molecular flexibility index (Phi) is 2.97. The molecule has 0 saturated heterocycles. The SMILES string of the molecule is [B]/C=C(\F)C1CCCCC1. The Labute approximate surface area is 62.9 Å². The molecule has 10 heavy (non-hydrogen) atoms. The summed E-state index contributed by atoms with van der Waals surface area (Å²) in [5, 5.41) is 0. The quantitative estimate of drug-likeness (QED) is 0.488. The highest BCUT2D eigenvalue weighted by atomic mass is 19.1. The van der Waals surface area contributed by atoms with E-state index in [1.807, 2.05) is 0 Å². The molecule has 0 heterocycles. The third-order valence-corrected chi connectivity index (χ3v) is 2.15. The van der Waals surface area contributed by atoms with Gasteiger partial charge in [0.2, 0.25) is 0 Å². The van der Waals surface area contributed by atoms with Gasteiger partial charge in [0.1, 0.15) is 7.85 Å². The summed E-state index contributed by atoms with van der Waals surface area (Å²) in [6.07, 6.45) is 5.55. The second kappa shape index (κ2) is 3.79. The minimum atomic E-state index is -0.111. The van der Waals surface area contributed by atoms with Gasteiger partial charge in [-0.3, -0.25) is 0 Å². The Balaban J connectivity index is 2.39. The number of allylic oxidation sites excluding steroid dienone is 1. The average molecular weight is 138 g/mol. The van der Waals surface area contributed by atoms with Gasteiger partial charge in [0.05, 0.1) is 5.83 Å². The molecule has 0 atom stereocenters. The van der Waals surface area contributed by atoms with Crippen LogP contribution in [0, 0.1) is 5.92 Å². The van der Waals surface area contributed by atoms with Crippen LogP contribution < -0.4 is 0 Å². The molecule has 2 heteroatoms. The molecule has 1 aliphatic carbocycles. The molecule has 1 saturated carbocycles. The van der Waals surface area contributed by atoms with E-state index in [1.54, 1.807) is 0 Å². The van der Waals surface area contributed by atoms with Crippen LogP contribution in [0.4, 0.5) is 4.39 Å². The standard InChI is InChI=1S/C8H12BF/c9-6-8(10)7-4-2-1-3-5-7/h6-7H,1-5H2/b8-6-. The van der Waals surface area contributed by atoms with E-state index in [-0.39, 0.29) is 11.7 Å². The molecule has 0 nitrogen and oxygen atoms in total. The van der Waals surface area contributed by atoms with Crippen molar-refractivity contribution in [3.05, 3.63) is 11.8 Å². The minimum Gasteiger partial charge on any atom is -0.213 e. The zero-order valence-electron chi connectivity index (χ0n) is 6.15. The lowest BCUT2D eigenvalue weighted by atomic mass is 9.87. The van der Waals surface area contributed by atoms with Gasteiger partial charge in [-0.05, 0) is 12.8 Å². The summed E-state index contributed by atoms with van der Waals surface area (Å²) in [5.41, 5.74) is 0. The third-order valence-electron chi connectivity index (χ3n) is 2.15. The topological polar surface area (TPSA) is 0 Å². The van der Waals surface area contributed by atoms with Gasteiger partial charge in [0.15, 0.2) is 0 Å². The molecule has 1 rings (SSSR count). The summed E-state index contributed by atoms with van der Waals surface area (Å²) in [4.78, 5) is 0. The van der Waals surface area contributed by atoms with Crippen molar-refractivity contribution in [2.24, 2.45) is 5.92 Å². The van der Waals surface area contributed by atoms with E-state index in [9.17, 15) is 4.39 Å². The summed E-state index contributed by atoms with van der Waals surface area (Å²) in [6, 6.07) is 0. The maximum Gasteiger partial charge on any atom is 0.106 e. The molecule has 0 N–H and O–H groups in total. The number of hydrogen-bond donors (Lipinski definition) is 0. The molecule has 54 valence electrons. The monoisotopic (exact) mass is 138 g/mol. The Morgan fingerprint density at radius 3 is 2.40 bits per heavy atom. The Hall–Kier alpha value is -0.265. The second-order valence-electron chi connectivity index (χ2n) is 2.89. The van der Waals surface area contributed by atoms with Crippen molar-refractivity contribution in [1.29, 1.82) is 0 Å². The lowest BCUT2D eigenvalue weighted by molar-refractivity contribution is 0.349. The lowest BCUT2D eigenvalue weighted by Gasteiger charge is -2.19. The predicted molar refractivity (Wildman–Crippen MR) is 41.5 cm³/mol. The van der Waals surface area contributed by atoms with E-state index in [0.717, 1.165) is 31.7 Å². The highest BCUT2D eigenvalue weighted by molar-refractivity contribution is 6.17. The fourth-order valence-corrected chi connectivity index (χ4v) is 1.51. The summed E-state index contributed by atoms with van der Waals surface area (Å²) < 4.78 is 12.8. The van der Waals surface area contributed by atoms with Crippen LogP contribution in [0.2, 0.25) is 0 Å². The van der Waals surface area contributed by atoms with Crippen molar-refractivity contribution in [2.45, 2.75) is 32.1 Å². The van der Waals surface area contributed by atoms with Crippen LogP contribution in [0.3, 0.4) is 0 Å². The Bertz CT molecular complexity index is 125. The summed E-state index contributed by atoms with van der Waals surface area (Å²) in [6.45, 7) is 0. The van der Waals surface area contributed by atoms with E-state index < -0.39 is 0 Å². The van der Waals surface area contributed by atoms with Crippen molar-refractivity contribution >= 4 is 7.85 Å². The third kappa shape index (κ3) is 1.86. The highest BCUT2D eigenvalue weighted by Crippen LogP contribution is 2.29. The van der Waals surface area contributed by atoms with Crippen molar-refractivity contribution in [2.75, 3.05) is 0 Å². The molecule has 0 spiro atoms. The van der Waals surface area contributed by atoms with Gasteiger partial charge in [0.25, 0.3) is 0 Å². The largest absolute Gasteiger partial charge is 0.213 e. The van der Waals surface area contributed by atoms with Crippen LogP contribution >= 0.6 is 0 Å².